The summed E-state index contributed by atoms with van der Waals surface area (Å²) in [4.78, 5) is 0. The Labute approximate surface area is 366 Å². The minimum absolute atomic E-state index is 0.118. The van der Waals surface area contributed by atoms with Gasteiger partial charge in [-0.25, -0.2) is 0 Å². The predicted octanol–water partition coefficient (Wildman–Crippen LogP) is 17.6. The Morgan fingerprint density at radius 1 is 0.254 bits per heavy atom. The Hall–Kier alpha value is -7.80. The van der Waals surface area contributed by atoms with E-state index in [-0.39, 0.29) is 5.41 Å². The molecule has 292 valence electrons. The highest BCUT2D eigenvalue weighted by atomic mass is 14.4. The van der Waals surface area contributed by atoms with Crippen molar-refractivity contribution in [2.75, 3.05) is 0 Å². The van der Waals surface area contributed by atoms with Gasteiger partial charge in [0.2, 0.25) is 0 Å². The molecule has 13 aromatic carbocycles. The number of fused-ring (bicyclic) bond motifs is 4. The van der Waals surface area contributed by atoms with Crippen LogP contribution in [0, 0.1) is 0 Å². The lowest BCUT2D eigenvalue weighted by Crippen LogP contribution is -2.14. The normalized spacial score (nSPS) is 13.4. The molecule has 0 amide bonds. The Morgan fingerprint density at radius 3 is 1.41 bits per heavy atom. The highest BCUT2D eigenvalue weighted by Gasteiger charge is 2.35. The second-order valence-electron chi connectivity index (χ2n) is 18.3. The van der Waals surface area contributed by atoms with Gasteiger partial charge < -0.3 is 0 Å². The van der Waals surface area contributed by atoms with Crippen LogP contribution in [-0.2, 0) is 5.41 Å². The van der Waals surface area contributed by atoms with E-state index in [9.17, 15) is 0 Å². The van der Waals surface area contributed by atoms with Gasteiger partial charge in [0.1, 0.15) is 0 Å². The fourth-order valence-corrected chi connectivity index (χ4v) is 11.8. The van der Waals surface area contributed by atoms with Crippen molar-refractivity contribution in [1.82, 2.24) is 0 Å². The van der Waals surface area contributed by atoms with Gasteiger partial charge >= 0.3 is 0 Å². The number of hydrogen-bond donors (Lipinski definition) is 0. The molecule has 0 saturated carbocycles. The minimum atomic E-state index is -0.118. The van der Waals surface area contributed by atoms with Crippen molar-refractivity contribution in [3.05, 3.63) is 217 Å². The van der Waals surface area contributed by atoms with Crippen molar-refractivity contribution in [1.29, 1.82) is 0 Å². The van der Waals surface area contributed by atoms with Crippen molar-refractivity contribution < 1.29 is 0 Å². The second-order valence-corrected chi connectivity index (χ2v) is 18.3. The lowest BCUT2D eigenvalue weighted by atomic mass is 9.80. The predicted molar refractivity (Wildman–Crippen MR) is 271 cm³/mol. The van der Waals surface area contributed by atoms with Crippen LogP contribution < -0.4 is 0 Å². The number of benzene rings is 13. The molecule has 0 N–H and O–H groups in total. The van der Waals surface area contributed by atoms with Gasteiger partial charge in [-0.05, 0) is 154 Å². The summed E-state index contributed by atoms with van der Waals surface area (Å²) in [5, 5.41) is 18.2. The third-order valence-electron chi connectivity index (χ3n) is 14.8. The zero-order chi connectivity index (χ0) is 41.6. The molecule has 0 radical (unpaired) electrons. The quantitative estimate of drug-likeness (QED) is 0.156. The summed E-state index contributed by atoms with van der Waals surface area (Å²) in [5.41, 5.74) is 15.3. The smallest absolute Gasteiger partial charge is 0.0159 e. The van der Waals surface area contributed by atoms with E-state index in [4.69, 9.17) is 0 Å². The van der Waals surface area contributed by atoms with Crippen molar-refractivity contribution in [3.63, 3.8) is 0 Å². The van der Waals surface area contributed by atoms with Crippen LogP contribution in [0.15, 0.2) is 206 Å². The topological polar surface area (TPSA) is 0 Å². The Bertz CT molecular complexity index is 4020. The molecule has 0 aliphatic heterocycles. The monoisotopic (exact) mass is 796 g/mol. The molecule has 0 fully saturated rings. The van der Waals surface area contributed by atoms with Gasteiger partial charge in [-0.3, -0.25) is 0 Å². The number of hydrogen-bond acceptors (Lipinski definition) is 0. The zero-order valence-corrected chi connectivity index (χ0v) is 35.1. The van der Waals surface area contributed by atoms with Crippen LogP contribution in [0.4, 0.5) is 0 Å². The molecule has 63 heavy (non-hydrogen) atoms. The standard InChI is InChI=1S/C63H40/c1-63(2)56-16-6-5-15-50(56)51-31-27-45(36-57(51)63)55-35-44(26-30-49(55)48-29-22-42-19-17-38-10-7-12-40-23-32-52(48)60(42)58(38)40)47-28-21-37-9-3-4-14-46(37)62(47)54-34-25-43-20-18-39-11-8-13-41-24-33-53(54)61(43)59(39)41/h3-36H,1-2H3. The van der Waals surface area contributed by atoms with E-state index in [1.54, 1.807) is 0 Å². The Kier molecular flexibility index (Phi) is 6.99. The molecule has 1 aliphatic carbocycles. The molecular weight excluding hydrogens is 757 g/mol. The van der Waals surface area contributed by atoms with E-state index < -0.39 is 0 Å². The third kappa shape index (κ3) is 4.81. The first kappa shape index (κ1) is 34.9. The SMILES string of the molecule is CC1(C)c2ccccc2-c2ccc(-c3cc(-c4ccc5ccccc5c4-c4ccc5ccc6cccc7ccc4c5c67)ccc3-c3ccc4ccc5cccc6ccc3c4c56)cc21. The van der Waals surface area contributed by atoms with Crippen molar-refractivity contribution in [2.24, 2.45) is 0 Å². The van der Waals surface area contributed by atoms with Crippen molar-refractivity contribution in [3.8, 4) is 55.6 Å². The summed E-state index contributed by atoms with van der Waals surface area (Å²) in [6, 6.07) is 78.3. The summed E-state index contributed by atoms with van der Waals surface area (Å²) in [6.07, 6.45) is 0. The van der Waals surface area contributed by atoms with E-state index in [0.29, 0.717) is 0 Å². The van der Waals surface area contributed by atoms with Crippen molar-refractivity contribution in [2.45, 2.75) is 19.3 Å². The fraction of sp³-hybridized carbons (Fsp3) is 0.0476. The van der Waals surface area contributed by atoms with Gasteiger partial charge in [0, 0.05) is 5.41 Å². The minimum Gasteiger partial charge on any atom is -0.0619 e. The second kappa shape index (κ2) is 12.6. The molecule has 1 aliphatic rings. The first-order valence-electron chi connectivity index (χ1n) is 22.2. The Morgan fingerprint density at radius 2 is 0.714 bits per heavy atom. The molecule has 0 heteroatoms. The van der Waals surface area contributed by atoms with Crippen LogP contribution in [-0.4, -0.2) is 0 Å². The van der Waals surface area contributed by atoms with Crippen LogP contribution in [0.3, 0.4) is 0 Å². The molecule has 0 bridgehead atoms. The lowest BCUT2D eigenvalue weighted by molar-refractivity contribution is 0.660. The summed E-state index contributed by atoms with van der Waals surface area (Å²) >= 11 is 0. The van der Waals surface area contributed by atoms with Crippen LogP contribution in [0.25, 0.3) is 131 Å². The first-order valence-corrected chi connectivity index (χ1v) is 22.2. The highest BCUT2D eigenvalue weighted by molar-refractivity contribution is 6.28. The molecule has 0 saturated heterocycles. The van der Waals surface area contributed by atoms with Crippen molar-refractivity contribution >= 4 is 75.4 Å². The molecule has 0 atom stereocenters. The molecular formula is C63H40. The van der Waals surface area contributed by atoms with Gasteiger partial charge in [-0.15, -0.1) is 0 Å². The maximum Gasteiger partial charge on any atom is 0.0159 e. The summed E-state index contributed by atoms with van der Waals surface area (Å²) < 4.78 is 0. The molecule has 0 spiro atoms. The molecule has 14 rings (SSSR count). The van der Waals surface area contributed by atoms with E-state index in [1.807, 2.05) is 0 Å². The molecule has 0 nitrogen and oxygen atoms in total. The largest absolute Gasteiger partial charge is 0.0619 e. The van der Waals surface area contributed by atoms with Crippen LogP contribution in [0.2, 0.25) is 0 Å². The van der Waals surface area contributed by atoms with Crippen LogP contribution in [0.1, 0.15) is 25.0 Å². The van der Waals surface area contributed by atoms with Gasteiger partial charge in [0.15, 0.2) is 0 Å². The summed E-state index contributed by atoms with van der Waals surface area (Å²) in [7, 11) is 0. The van der Waals surface area contributed by atoms with E-state index >= 15 is 0 Å². The van der Waals surface area contributed by atoms with Gasteiger partial charge in [-0.2, -0.15) is 0 Å². The number of rotatable bonds is 4. The van der Waals surface area contributed by atoms with Crippen LogP contribution >= 0.6 is 0 Å². The first-order chi connectivity index (χ1) is 31.0. The highest BCUT2D eigenvalue weighted by Crippen LogP contribution is 2.52. The maximum absolute atomic E-state index is 2.50. The summed E-state index contributed by atoms with van der Waals surface area (Å²) in [6.45, 7) is 4.77. The van der Waals surface area contributed by atoms with E-state index in [2.05, 4.69) is 220 Å². The fourth-order valence-electron chi connectivity index (χ4n) is 11.8. The third-order valence-corrected chi connectivity index (χ3v) is 14.8. The zero-order valence-electron chi connectivity index (χ0n) is 35.1. The van der Waals surface area contributed by atoms with Crippen LogP contribution in [0.5, 0.6) is 0 Å². The maximum atomic E-state index is 2.50. The lowest BCUT2D eigenvalue weighted by Gasteiger charge is -2.23. The average molecular weight is 797 g/mol. The summed E-state index contributed by atoms with van der Waals surface area (Å²) in [5.74, 6) is 0. The molecule has 13 aromatic rings. The molecule has 0 heterocycles. The Balaban J connectivity index is 1.06. The molecule has 0 unspecified atom stereocenters. The van der Waals surface area contributed by atoms with E-state index in [1.165, 1.54) is 142 Å². The average Bonchev–Trinajstić information content (AvgIpc) is 3.57. The van der Waals surface area contributed by atoms with Gasteiger partial charge in [0.05, 0.1) is 0 Å². The van der Waals surface area contributed by atoms with Gasteiger partial charge in [0.25, 0.3) is 0 Å². The molecule has 0 aromatic heterocycles. The van der Waals surface area contributed by atoms with Gasteiger partial charge in [-0.1, -0.05) is 208 Å². The van der Waals surface area contributed by atoms with E-state index in [0.717, 1.165) is 0 Å².